The number of aryl methyl sites for hydroxylation is 1. The molecule has 0 aliphatic rings. The molecule has 1 aromatic rings. The van der Waals surface area contributed by atoms with Crippen molar-refractivity contribution < 1.29 is 11.4 Å². The Morgan fingerprint density at radius 2 is 2.62 bits per heavy atom. The van der Waals surface area contributed by atoms with E-state index in [1.165, 1.54) is 11.5 Å². The van der Waals surface area contributed by atoms with Crippen LogP contribution in [0.1, 0.15) is 14.1 Å². The quantitative estimate of drug-likeness (QED) is 0.550. The lowest BCUT2D eigenvalue weighted by molar-refractivity contribution is -0.392. The Kier molecular flexibility index (Phi) is 2.22. The zero-order valence-electron chi connectivity index (χ0n) is 8.39. The maximum atomic E-state index is 10.6. The molecule has 1 heterocycles. The Morgan fingerprint density at radius 1 is 2.00 bits per heavy atom. The molecule has 1 atom stereocenters. The molecule has 0 aromatic carbocycles. The van der Waals surface area contributed by atoms with Crippen molar-refractivity contribution in [3.8, 4) is 0 Å². The fourth-order valence-corrected chi connectivity index (χ4v) is 1.03. The zero-order chi connectivity index (χ0) is 10.9. The highest BCUT2D eigenvalue weighted by molar-refractivity contribution is 5.18. The molecule has 0 spiro atoms. The normalized spacial score (nSPS) is 13.9. The molecule has 0 saturated carbocycles. The molecule has 1 rings (SSSR count). The smallest absolute Gasteiger partial charge is 0.342 e. The Hall–Kier alpha value is -1.43. The predicted molar refractivity (Wildman–Crippen MR) is 45.3 cm³/mol. The summed E-state index contributed by atoms with van der Waals surface area (Å²) in [6.45, 7) is 3.16. The van der Waals surface area contributed by atoms with Gasteiger partial charge < -0.3 is 15.2 Å². The van der Waals surface area contributed by atoms with Gasteiger partial charge in [0.05, 0.1) is 7.47 Å². The first-order valence-electron chi connectivity index (χ1n) is 4.29. The van der Waals surface area contributed by atoms with Crippen molar-refractivity contribution in [2.24, 2.45) is 0 Å². The lowest BCUT2D eigenvalue weighted by Gasteiger charge is -2.04. The van der Waals surface area contributed by atoms with E-state index in [2.05, 4.69) is 4.98 Å². The summed E-state index contributed by atoms with van der Waals surface area (Å²) in [5, 5.41) is 19.7. The van der Waals surface area contributed by atoms with Crippen LogP contribution in [0.25, 0.3) is 0 Å². The van der Waals surface area contributed by atoms with Gasteiger partial charge in [-0.1, -0.05) is 0 Å². The van der Waals surface area contributed by atoms with Gasteiger partial charge in [-0.15, -0.1) is 0 Å². The van der Waals surface area contributed by atoms with E-state index in [4.69, 9.17) is 6.48 Å². The second-order valence-corrected chi connectivity index (χ2v) is 2.81. The van der Waals surface area contributed by atoms with E-state index in [9.17, 15) is 10.1 Å². The van der Waals surface area contributed by atoms with Crippen LogP contribution >= 0.6 is 0 Å². The minimum absolute atomic E-state index is 0.0774. The summed E-state index contributed by atoms with van der Waals surface area (Å²) in [5.74, 6) is -0.00833. The zero-order valence-corrected chi connectivity index (χ0v) is 7.39. The highest BCUT2D eigenvalue weighted by Gasteiger charge is 2.18. The van der Waals surface area contributed by atoms with Crippen LogP contribution in [-0.2, 0) is 6.54 Å². The number of aliphatic hydroxyl groups is 1. The summed E-state index contributed by atoms with van der Waals surface area (Å²) in [6, 6.07) is 0. The minimum Gasteiger partial charge on any atom is -0.389 e. The third-order valence-electron chi connectivity index (χ3n) is 1.58. The van der Waals surface area contributed by atoms with Crippen LogP contribution < -0.4 is 0 Å². The first-order chi connectivity index (χ1) is 6.43. The number of rotatable bonds is 3. The van der Waals surface area contributed by atoms with Crippen LogP contribution in [0.2, 0.25) is 0 Å². The largest absolute Gasteiger partial charge is 0.389 e. The van der Waals surface area contributed by atoms with Crippen LogP contribution in [0.5, 0.6) is 0 Å². The summed E-state index contributed by atoms with van der Waals surface area (Å²) >= 11 is 0. The maximum absolute atomic E-state index is 10.6. The summed E-state index contributed by atoms with van der Waals surface area (Å²) in [5.41, 5.74) is 0. The van der Waals surface area contributed by atoms with Crippen molar-refractivity contribution in [2.45, 2.75) is 26.5 Å². The van der Waals surface area contributed by atoms with E-state index in [0.29, 0.717) is 5.82 Å². The van der Waals surface area contributed by atoms with Gasteiger partial charge in [0.1, 0.15) is 12.7 Å². The average molecular weight is 186 g/mol. The number of imidazole rings is 1. The summed E-state index contributed by atoms with van der Waals surface area (Å²) in [7, 11) is 0. The Bertz CT molecular complexity index is 361. The topological polar surface area (TPSA) is 81.2 Å². The highest BCUT2D eigenvalue weighted by atomic mass is 16.6. The van der Waals surface area contributed by atoms with Crippen LogP contribution in [-0.4, -0.2) is 25.7 Å². The summed E-state index contributed by atoms with van der Waals surface area (Å²) in [4.78, 5) is 13.6. The molecule has 0 fully saturated rings. The molecule has 72 valence electrons. The van der Waals surface area contributed by atoms with E-state index >= 15 is 0 Å². The standard InChI is InChI=1S/C7H11N3O3/c1-5(11)4-9-6(2)8-3-7(9)10(12)13/h3,5,11H,4H2,1-2H3/i3D. The highest BCUT2D eigenvalue weighted by Crippen LogP contribution is 2.13. The van der Waals surface area contributed by atoms with Gasteiger partial charge >= 0.3 is 5.82 Å². The van der Waals surface area contributed by atoms with Crippen molar-refractivity contribution in [2.75, 3.05) is 0 Å². The molecule has 0 aliphatic carbocycles. The fraction of sp³-hybridized carbons (Fsp3) is 0.571. The predicted octanol–water partition coefficient (Wildman–Crippen LogP) is 0.481. The molecule has 6 nitrogen and oxygen atoms in total. The minimum atomic E-state index is -0.707. The summed E-state index contributed by atoms with van der Waals surface area (Å²) in [6.07, 6.45) is -1.07. The summed E-state index contributed by atoms with van der Waals surface area (Å²) < 4.78 is 8.48. The third kappa shape index (κ3) is 2.03. The molecule has 0 radical (unpaired) electrons. The number of aromatic nitrogens is 2. The molecule has 1 aromatic heterocycles. The Labute approximate surface area is 76.4 Å². The SMILES string of the molecule is [2H]c1nc(C)n(CC(C)O)c1[N+](=O)[O-]. The monoisotopic (exact) mass is 186 g/mol. The van der Waals surface area contributed by atoms with Gasteiger partial charge in [-0.2, -0.15) is 0 Å². The number of hydrogen-bond acceptors (Lipinski definition) is 4. The number of nitro groups is 1. The average Bonchev–Trinajstić information content (AvgIpc) is 2.25. The van der Waals surface area contributed by atoms with E-state index in [1.807, 2.05) is 0 Å². The van der Waals surface area contributed by atoms with Gasteiger partial charge in [-0.3, -0.25) is 0 Å². The molecule has 0 bridgehead atoms. The van der Waals surface area contributed by atoms with Gasteiger partial charge in [0.25, 0.3) is 0 Å². The number of aliphatic hydroxyl groups excluding tert-OH is 1. The number of nitrogens with zero attached hydrogens (tertiary/aromatic N) is 3. The van der Waals surface area contributed by atoms with Gasteiger partial charge in [-0.25, -0.2) is 9.55 Å². The van der Waals surface area contributed by atoms with Crippen LogP contribution in [0, 0.1) is 17.0 Å². The maximum Gasteiger partial charge on any atom is 0.342 e. The van der Waals surface area contributed by atoms with Crippen LogP contribution in [0.3, 0.4) is 0 Å². The van der Waals surface area contributed by atoms with Crippen LogP contribution in [0.15, 0.2) is 6.17 Å². The molecule has 1 N–H and O–H groups in total. The van der Waals surface area contributed by atoms with Crippen molar-refractivity contribution in [1.82, 2.24) is 9.55 Å². The van der Waals surface area contributed by atoms with E-state index < -0.39 is 11.0 Å². The van der Waals surface area contributed by atoms with E-state index in [0.717, 1.165) is 0 Å². The third-order valence-corrected chi connectivity index (χ3v) is 1.58. The van der Waals surface area contributed by atoms with E-state index in [-0.39, 0.29) is 18.5 Å². The van der Waals surface area contributed by atoms with Gasteiger partial charge in [-0.05, 0) is 11.8 Å². The van der Waals surface area contributed by atoms with Crippen LogP contribution in [0.4, 0.5) is 5.82 Å². The second-order valence-electron chi connectivity index (χ2n) is 2.81. The molecule has 0 saturated heterocycles. The van der Waals surface area contributed by atoms with Crippen molar-refractivity contribution >= 4 is 5.82 Å². The lowest BCUT2D eigenvalue weighted by Crippen LogP contribution is -2.14. The van der Waals surface area contributed by atoms with Gasteiger partial charge in [0, 0.05) is 6.92 Å². The number of hydrogen-bond donors (Lipinski definition) is 1. The molecule has 0 aliphatic heterocycles. The van der Waals surface area contributed by atoms with Gasteiger partial charge in [0.2, 0.25) is 0 Å². The molecule has 0 amide bonds. The van der Waals surface area contributed by atoms with Crippen molar-refractivity contribution in [1.29, 1.82) is 0 Å². The van der Waals surface area contributed by atoms with E-state index in [1.54, 1.807) is 6.92 Å². The lowest BCUT2D eigenvalue weighted by atomic mass is 10.4. The fourth-order valence-electron chi connectivity index (χ4n) is 1.03. The molecule has 13 heavy (non-hydrogen) atoms. The second kappa shape index (κ2) is 3.53. The molecular formula is C7H11N3O3. The first kappa shape index (κ1) is 8.18. The van der Waals surface area contributed by atoms with Crippen molar-refractivity contribution in [3.63, 3.8) is 0 Å². The Morgan fingerprint density at radius 3 is 3.08 bits per heavy atom. The Balaban J connectivity index is 3.18. The van der Waals surface area contributed by atoms with Gasteiger partial charge in [0.15, 0.2) is 5.82 Å². The molecular weight excluding hydrogens is 174 g/mol. The molecule has 1 unspecified atom stereocenters. The van der Waals surface area contributed by atoms with Crippen molar-refractivity contribution in [3.05, 3.63) is 22.1 Å². The molecule has 6 heteroatoms. The first-order valence-corrected chi connectivity index (χ1v) is 3.79.